The van der Waals surface area contributed by atoms with Crippen LogP contribution in [0.3, 0.4) is 0 Å². The summed E-state index contributed by atoms with van der Waals surface area (Å²) < 4.78 is 8.74. The molecule has 0 saturated carbocycles. The first-order valence-corrected chi connectivity index (χ1v) is 18.6. The van der Waals surface area contributed by atoms with E-state index in [9.17, 15) is 0 Å². The van der Waals surface area contributed by atoms with Crippen molar-refractivity contribution < 1.29 is 3.07 Å². The molecule has 0 saturated heterocycles. The Morgan fingerprint density at radius 2 is 1.81 bits per heavy atom. The molecule has 2 N–H and O–H groups in total. The van der Waals surface area contributed by atoms with E-state index in [1.807, 2.05) is 0 Å². The van der Waals surface area contributed by atoms with Crippen LogP contribution in [0.25, 0.3) is 10.8 Å². The molecule has 2 nitrogen and oxygen atoms in total. The van der Waals surface area contributed by atoms with E-state index in [2.05, 4.69) is 69.9 Å². The molecule has 0 heterocycles. The van der Waals surface area contributed by atoms with Gasteiger partial charge in [-0.15, -0.1) is 0 Å². The second-order valence-corrected chi connectivity index (χ2v) is 22.6. The van der Waals surface area contributed by atoms with Crippen molar-refractivity contribution in [1.82, 2.24) is 0 Å². The molecule has 2 aromatic carbocycles. The van der Waals surface area contributed by atoms with Gasteiger partial charge in [-0.2, -0.15) is 0 Å². The summed E-state index contributed by atoms with van der Waals surface area (Å²) in [5.74, 6) is 0. The molecule has 0 radical (unpaired) electrons. The number of fused-ring (bicyclic) bond motifs is 1. The number of hydrogen-bond acceptors (Lipinski definition) is 2. The quantitative estimate of drug-likeness (QED) is 0.656. The van der Waals surface area contributed by atoms with Gasteiger partial charge in [0.05, 0.1) is 0 Å². The molecule has 0 amide bonds. The summed E-state index contributed by atoms with van der Waals surface area (Å²) in [7, 11) is 0. The van der Waals surface area contributed by atoms with Crippen molar-refractivity contribution in [3.63, 3.8) is 0 Å². The van der Waals surface area contributed by atoms with E-state index in [1.54, 1.807) is 0 Å². The van der Waals surface area contributed by atoms with Crippen molar-refractivity contribution >= 4 is 43.6 Å². The Kier molecular flexibility index (Phi) is 6.12. The van der Waals surface area contributed by atoms with E-state index in [0.29, 0.717) is 0 Å². The molecule has 2 atom stereocenters. The van der Waals surface area contributed by atoms with Crippen LogP contribution >= 0.6 is 12.7 Å². The van der Waals surface area contributed by atoms with Crippen LogP contribution in [0.15, 0.2) is 36.4 Å². The van der Waals surface area contributed by atoms with Crippen LogP contribution in [-0.4, -0.2) is 23.2 Å². The zero-order chi connectivity index (χ0) is 15.5. The van der Waals surface area contributed by atoms with Crippen LogP contribution in [-0.2, 0) is 3.07 Å². The predicted molar refractivity (Wildman–Crippen MR) is 97.6 cm³/mol. The van der Waals surface area contributed by atoms with Crippen LogP contribution in [0.5, 0.6) is 0 Å². The predicted octanol–water partition coefficient (Wildman–Crippen LogP) is 4.35. The molecular formula is C17H24BrNOSn. The Morgan fingerprint density at radius 3 is 2.33 bits per heavy atom. The topological polar surface area (TPSA) is 35.2 Å². The maximum atomic E-state index is 6.32. The fraction of sp³-hybridized carbons (Fsp3) is 0.412. The average Bonchev–Trinajstić information content (AvgIpc) is 2.51. The zero-order valence-electron chi connectivity index (χ0n) is 13.0. The Morgan fingerprint density at radius 1 is 1.19 bits per heavy atom. The van der Waals surface area contributed by atoms with Gasteiger partial charge in [-0.3, -0.25) is 0 Å². The molecule has 2 unspecified atom stereocenters. The maximum absolute atomic E-state index is 6.32. The van der Waals surface area contributed by atoms with Crippen LogP contribution in [0, 0.1) is 0 Å². The third-order valence-electron chi connectivity index (χ3n) is 3.80. The minimum absolute atomic E-state index is 0.0232. The van der Waals surface area contributed by atoms with Crippen molar-refractivity contribution in [3.05, 3.63) is 42.0 Å². The van der Waals surface area contributed by atoms with E-state index in [0.717, 1.165) is 17.5 Å². The van der Waals surface area contributed by atoms with Gasteiger partial charge in [-0.25, -0.2) is 0 Å². The van der Waals surface area contributed by atoms with Crippen LogP contribution in [0.1, 0.15) is 38.8 Å². The van der Waals surface area contributed by atoms with Gasteiger partial charge in [-0.1, -0.05) is 0 Å². The van der Waals surface area contributed by atoms with Gasteiger partial charge in [0.25, 0.3) is 0 Å². The first-order chi connectivity index (χ1) is 10.0. The number of rotatable bonds is 6. The van der Waals surface area contributed by atoms with E-state index in [-0.39, 0.29) is 6.04 Å². The summed E-state index contributed by atoms with van der Waals surface area (Å²) in [6.07, 6.45) is 1.05. The fourth-order valence-corrected chi connectivity index (χ4v) is 12.7. The molecule has 2 aromatic rings. The number of nitrogens with two attached hydrogens (primary N) is 1. The molecule has 0 aliphatic rings. The zero-order valence-corrected chi connectivity index (χ0v) is 17.5. The molecule has 4 heteroatoms. The summed E-state index contributed by atoms with van der Waals surface area (Å²) in [6.45, 7) is 7.26. The van der Waals surface area contributed by atoms with E-state index >= 15 is 0 Å². The molecule has 0 aromatic heterocycles. The summed E-state index contributed by atoms with van der Waals surface area (Å²) in [4.78, 5) is 0. The summed E-state index contributed by atoms with van der Waals surface area (Å²) in [6, 6.07) is 13.0. The van der Waals surface area contributed by atoms with Crippen molar-refractivity contribution in [2.45, 2.75) is 37.7 Å². The Hall–Kier alpha value is -0.101. The normalized spacial score (nSPS) is 15.9. The monoisotopic (exact) mass is 457 g/mol. The molecular weight excluding hydrogens is 433 g/mol. The minimum atomic E-state index is -2.96. The van der Waals surface area contributed by atoms with Crippen LogP contribution < -0.4 is 9.31 Å². The molecule has 2 rings (SSSR count). The third-order valence-corrected chi connectivity index (χ3v) is 20.0. The third kappa shape index (κ3) is 3.81. The molecule has 0 aliphatic heterocycles. The van der Waals surface area contributed by atoms with Gasteiger partial charge in [0.1, 0.15) is 0 Å². The Balaban J connectivity index is 2.61. The average molecular weight is 457 g/mol. The fourth-order valence-electron chi connectivity index (χ4n) is 2.59. The van der Waals surface area contributed by atoms with Crippen molar-refractivity contribution in [1.29, 1.82) is 0 Å². The van der Waals surface area contributed by atoms with Crippen molar-refractivity contribution in [2.24, 2.45) is 5.73 Å². The number of benzene rings is 2. The molecule has 0 aliphatic carbocycles. The summed E-state index contributed by atoms with van der Waals surface area (Å²) in [5.41, 5.74) is 7.48. The molecule has 114 valence electrons. The Bertz CT molecular complexity index is 617. The molecule has 0 fully saturated rings. The summed E-state index contributed by atoms with van der Waals surface area (Å²) >= 11 is 1.07. The second kappa shape index (κ2) is 7.44. The first-order valence-electron chi connectivity index (χ1n) is 7.63. The number of hydrogen-bond donors (Lipinski definition) is 1. The SMILES string of the molecule is CCC[O][Sn]([Br])([CH2]C)[c]1cc2ccccc2cc1C(C)N. The van der Waals surface area contributed by atoms with E-state index in [4.69, 9.17) is 8.81 Å². The second-order valence-electron chi connectivity index (χ2n) is 5.51. The van der Waals surface area contributed by atoms with Gasteiger partial charge in [0.2, 0.25) is 0 Å². The number of halogens is 1. The van der Waals surface area contributed by atoms with Crippen molar-refractivity contribution in [2.75, 3.05) is 6.61 Å². The van der Waals surface area contributed by atoms with Gasteiger partial charge in [-0.05, 0) is 0 Å². The van der Waals surface area contributed by atoms with Gasteiger partial charge < -0.3 is 0 Å². The van der Waals surface area contributed by atoms with Crippen molar-refractivity contribution in [3.8, 4) is 0 Å². The van der Waals surface area contributed by atoms with Gasteiger partial charge in [0.15, 0.2) is 0 Å². The molecule has 0 bridgehead atoms. The van der Waals surface area contributed by atoms with Gasteiger partial charge >= 0.3 is 139 Å². The standard InChI is InChI=1S/C12H12N.C3H7O.C2H5.BrH.Sn/c1-9(13)11-7-6-10-4-2-3-5-12(10)8-11;1-2-3-4;1-2;;/h2-6,8-9H,13H2,1H3;2-3H2,1H3;1H2,2H3;1H;/q;-1;;;+2/p-1. The van der Waals surface area contributed by atoms with E-state index < -0.39 is 16.6 Å². The molecule has 21 heavy (non-hydrogen) atoms. The molecule has 0 spiro atoms. The Labute approximate surface area is 138 Å². The van der Waals surface area contributed by atoms with Crippen LogP contribution in [0.2, 0.25) is 4.44 Å². The van der Waals surface area contributed by atoms with Crippen LogP contribution in [0.4, 0.5) is 0 Å². The van der Waals surface area contributed by atoms with E-state index in [1.165, 1.54) is 19.9 Å². The van der Waals surface area contributed by atoms with Gasteiger partial charge in [0, 0.05) is 0 Å². The summed E-state index contributed by atoms with van der Waals surface area (Å²) in [5, 5.41) is 2.52. The first kappa shape index (κ1) is 17.3.